The van der Waals surface area contributed by atoms with Crippen LogP contribution >= 0.6 is 0 Å². The van der Waals surface area contributed by atoms with Crippen LogP contribution in [0.5, 0.6) is 5.88 Å². The van der Waals surface area contributed by atoms with Gasteiger partial charge >= 0.3 is 0 Å². The summed E-state index contributed by atoms with van der Waals surface area (Å²) in [6, 6.07) is 13.0. The Bertz CT molecular complexity index is 546. The van der Waals surface area contributed by atoms with Crippen molar-refractivity contribution in [2.24, 2.45) is 0 Å². The van der Waals surface area contributed by atoms with Crippen LogP contribution in [0.4, 0.5) is 11.5 Å². The van der Waals surface area contributed by atoms with Crippen LogP contribution in [0.2, 0.25) is 0 Å². The fourth-order valence-corrected chi connectivity index (χ4v) is 1.80. The molecule has 0 saturated heterocycles. The van der Waals surface area contributed by atoms with Crippen LogP contribution in [-0.2, 0) is 0 Å². The van der Waals surface area contributed by atoms with Crippen molar-refractivity contribution in [3.05, 3.63) is 48.0 Å². The molecule has 0 aliphatic rings. The summed E-state index contributed by atoms with van der Waals surface area (Å²) in [4.78, 5) is 4.26. The molecule has 2 aromatic rings. The molecule has 0 aliphatic heterocycles. The van der Waals surface area contributed by atoms with E-state index in [0.29, 0.717) is 30.5 Å². The fraction of sp³-hybridized carbons (Fsp3) is 0.267. The van der Waals surface area contributed by atoms with Crippen LogP contribution in [0.25, 0.3) is 0 Å². The lowest BCUT2D eigenvalue weighted by Gasteiger charge is -2.13. The average Bonchev–Trinajstić information content (AvgIpc) is 2.49. The van der Waals surface area contributed by atoms with Crippen molar-refractivity contribution in [2.45, 2.75) is 13.0 Å². The maximum absolute atomic E-state index is 10.1. The molecule has 1 aromatic carbocycles. The first kappa shape index (κ1) is 14.1. The van der Waals surface area contributed by atoms with Crippen molar-refractivity contribution in [1.29, 1.82) is 0 Å². The summed E-state index contributed by atoms with van der Waals surface area (Å²) in [6.07, 6.45) is -0.592. The first-order chi connectivity index (χ1) is 9.70. The highest BCUT2D eigenvalue weighted by Gasteiger charge is 2.08. The highest BCUT2D eigenvalue weighted by Crippen LogP contribution is 2.21. The van der Waals surface area contributed by atoms with Crippen LogP contribution in [0, 0.1) is 0 Å². The summed E-state index contributed by atoms with van der Waals surface area (Å²) in [5.41, 5.74) is 7.12. The van der Waals surface area contributed by atoms with E-state index >= 15 is 0 Å². The van der Waals surface area contributed by atoms with Crippen LogP contribution in [0.1, 0.15) is 18.6 Å². The number of anilines is 2. The summed E-state index contributed by atoms with van der Waals surface area (Å²) in [5, 5.41) is 13.1. The van der Waals surface area contributed by atoms with Gasteiger partial charge in [-0.25, -0.2) is 0 Å². The Morgan fingerprint density at radius 3 is 2.70 bits per heavy atom. The molecule has 1 aromatic heterocycles. The summed E-state index contributed by atoms with van der Waals surface area (Å²) in [7, 11) is 0. The Morgan fingerprint density at radius 1 is 1.25 bits per heavy atom. The molecule has 0 aliphatic carbocycles. The molecule has 5 nitrogen and oxygen atoms in total. The molecule has 0 saturated carbocycles. The largest absolute Gasteiger partial charge is 0.476 e. The van der Waals surface area contributed by atoms with Crippen LogP contribution in [0.3, 0.4) is 0 Å². The van der Waals surface area contributed by atoms with Gasteiger partial charge in [0.25, 0.3) is 0 Å². The molecule has 0 radical (unpaired) electrons. The molecule has 0 amide bonds. The number of nitrogens with one attached hydrogen (secondary N) is 1. The number of pyridine rings is 1. The Balaban J connectivity index is 1.98. The summed E-state index contributed by atoms with van der Waals surface area (Å²) < 4.78 is 5.33. The minimum Gasteiger partial charge on any atom is -0.476 e. The third-order valence-corrected chi connectivity index (χ3v) is 2.83. The van der Waals surface area contributed by atoms with Gasteiger partial charge in [-0.1, -0.05) is 30.3 Å². The van der Waals surface area contributed by atoms with Gasteiger partial charge in [-0.3, -0.25) is 0 Å². The number of ether oxygens (including phenoxy) is 1. The average molecular weight is 273 g/mol. The van der Waals surface area contributed by atoms with Crippen molar-refractivity contribution < 1.29 is 9.84 Å². The molecule has 0 spiro atoms. The van der Waals surface area contributed by atoms with E-state index in [2.05, 4.69) is 10.3 Å². The molecule has 0 fully saturated rings. The summed E-state index contributed by atoms with van der Waals surface area (Å²) in [5.74, 6) is 1.03. The third kappa shape index (κ3) is 3.61. The van der Waals surface area contributed by atoms with Gasteiger partial charge in [-0.15, -0.1) is 0 Å². The van der Waals surface area contributed by atoms with Crippen molar-refractivity contribution in [3.8, 4) is 5.88 Å². The van der Waals surface area contributed by atoms with E-state index in [-0.39, 0.29) is 0 Å². The normalized spacial score (nSPS) is 11.9. The Morgan fingerprint density at radius 2 is 2.00 bits per heavy atom. The number of nitrogens with two attached hydrogens (primary N) is 1. The number of nitrogens with zero attached hydrogens (tertiary/aromatic N) is 1. The maximum Gasteiger partial charge on any atom is 0.239 e. The molecule has 1 unspecified atom stereocenters. The summed E-state index contributed by atoms with van der Waals surface area (Å²) >= 11 is 0. The zero-order valence-electron chi connectivity index (χ0n) is 11.4. The predicted molar refractivity (Wildman–Crippen MR) is 79.7 cm³/mol. The van der Waals surface area contributed by atoms with Crippen molar-refractivity contribution in [3.63, 3.8) is 0 Å². The fourth-order valence-electron chi connectivity index (χ4n) is 1.80. The number of aliphatic hydroxyl groups is 1. The smallest absolute Gasteiger partial charge is 0.239 e. The van der Waals surface area contributed by atoms with Gasteiger partial charge in [-0.05, 0) is 24.6 Å². The van der Waals surface area contributed by atoms with Crippen molar-refractivity contribution in [2.75, 3.05) is 24.2 Å². The lowest BCUT2D eigenvalue weighted by atomic mass is 10.1. The van der Waals surface area contributed by atoms with Crippen molar-refractivity contribution in [1.82, 2.24) is 4.98 Å². The monoisotopic (exact) mass is 273 g/mol. The molecule has 1 heterocycles. The van der Waals surface area contributed by atoms with Gasteiger partial charge in [-0.2, -0.15) is 4.98 Å². The van der Waals surface area contributed by atoms with E-state index in [0.717, 1.165) is 5.56 Å². The van der Waals surface area contributed by atoms with E-state index in [1.54, 1.807) is 12.1 Å². The number of rotatable bonds is 6. The molecular formula is C15H19N3O2. The molecule has 2 rings (SSSR count). The van der Waals surface area contributed by atoms with E-state index in [1.165, 1.54) is 0 Å². The van der Waals surface area contributed by atoms with Crippen molar-refractivity contribution >= 4 is 11.5 Å². The summed E-state index contributed by atoms with van der Waals surface area (Å²) in [6.45, 7) is 2.75. The molecule has 5 heteroatoms. The first-order valence-corrected chi connectivity index (χ1v) is 6.57. The second kappa shape index (κ2) is 6.77. The van der Waals surface area contributed by atoms with Crippen LogP contribution < -0.4 is 15.8 Å². The topological polar surface area (TPSA) is 80.4 Å². The van der Waals surface area contributed by atoms with Crippen LogP contribution in [0.15, 0.2) is 42.5 Å². The molecule has 106 valence electrons. The second-order valence-corrected chi connectivity index (χ2v) is 4.33. The number of aliphatic hydroxyl groups excluding tert-OH is 1. The van der Waals surface area contributed by atoms with E-state index in [1.807, 2.05) is 37.3 Å². The van der Waals surface area contributed by atoms with E-state index < -0.39 is 6.10 Å². The van der Waals surface area contributed by atoms with Gasteiger partial charge in [0, 0.05) is 6.54 Å². The standard InChI is InChI=1S/C15H19N3O2/c1-2-20-15-12(16)8-9-14(18-15)17-10-13(19)11-6-4-3-5-7-11/h3-9,13,19H,2,10,16H2,1H3,(H,17,18). The SMILES string of the molecule is CCOc1nc(NCC(O)c2ccccc2)ccc1N. The number of hydrogen-bond acceptors (Lipinski definition) is 5. The molecular weight excluding hydrogens is 254 g/mol. The number of hydrogen-bond donors (Lipinski definition) is 3. The molecule has 20 heavy (non-hydrogen) atoms. The van der Waals surface area contributed by atoms with Gasteiger partial charge in [0.2, 0.25) is 5.88 Å². The van der Waals surface area contributed by atoms with E-state index in [4.69, 9.17) is 10.5 Å². The highest BCUT2D eigenvalue weighted by atomic mass is 16.5. The van der Waals surface area contributed by atoms with Gasteiger partial charge < -0.3 is 20.9 Å². The quantitative estimate of drug-likeness (QED) is 0.752. The maximum atomic E-state index is 10.1. The second-order valence-electron chi connectivity index (χ2n) is 4.33. The minimum absolute atomic E-state index is 0.368. The Labute approximate surface area is 118 Å². The van der Waals surface area contributed by atoms with Crippen LogP contribution in [-0.4, -0.2) is 23.2 Å². The first-order valence-electron chi connectivity index (χ1n) is 6.57. The van der Waals surface area contributed by atoms with Gasteiger partial charge in [0.1, 0.15) is 5.82 Å². The predicted octanol–water partition coefficient (Wildman–Crippen LogP) is 2.21. The minimum atomic E-state index is -0.592. The van der Waals surface area contributed by atoms with Gasteiger partial charge in [0.05, 0.1) is 18.4 Å². The number of benzene rings is 1. The zero-order valence-corrected chi connectivity index (χ0v) is 11.4. The Kier molecular flexibility index (Phi) is 4.79. The number of aromatic nitrogens is 1. The van der Waals surface area contributed by atoms with E-state index in [9.17, 15) is 5.11 Å². The third-order valence-electron chi connectivity index (χ3n) is 2.83. The highest BCUT2D eigenvalue weighted by molar-refractivity contribution is 5.53. The molecule has 1 atom stereocenters. The van der Waals surface area contributed by atoms with Gasteiger partial charge in [0.15, 0.2) is 0 Å². The Hall–Kier alpha value is -2.27. The number of nitrogen functional groups attached to an aromatic ring is 1. The molecule has 4 N–H and O–H groups in total. The lowest BCUT2D eigenvalue weighted by Crippen LogP contribution is -2.13. The zero-order chi connectivity index (χ0) is 14.4. The lowest BCUT2D eigenvalue weighted by molar-refractivity contribution is 0.191. The molecule has 0 bridgehead atoms.